The van der Waals surface area contributed by atoms with Crippen LogP contribution in [-0.4, -0.2) is 10.9 Å². The van der Waals surface area contributed by atoms with E-state index in [1.54, 1.807) is 0 Å². The number of hydrogen-bond acceptors (Lipinski definition) is 1. The summed E-state index contributed by atoms with van der Waals surface area (Å²) in [5.41, 5.74) is 1.96. The Morgan fingerprint density at radius 2 is 2.27 bits per heavy atom. The molecule has 1 fully saturated rings. The molecule has 0 bridgehead atoms. The van der Waals surface area contributed by atoms with E-state index in [0.29, 0.717) is 0 Å². The van der Waals surface area contributed by atoms with E-state index in [-0.39, 0.29) is 11.4 Å². The lowest BCUT2D eigenvalue weighted by molar-refractivity contribution is 0.0952. The molecule has 2 heterocycles. The van der Waals surface area contributed by atoms with Gasteiger partial charge >= 0.3 is 0 Å². The van der Waals surface area contributed by atoms with Crippen molar-refractivity contribution in [1.82, 2.24) is 10.3 Å². The molecular formula is C8H8N2O. The zero-order valence-electron chi connectivity index (χ0n) is 5.98. The van der Waals surface area contributed by atoms with Gasteiger partial charge in [0.2, 0.25) is 0 Å². The second kappa shape index (κ2) is 1.35. The van der Waals surface area contributed by atoms with Gasteiger partial charge in [0, 0.05) is 6.20 Å². The molecule has 1 saturated carbocycles. The minimum absolute atomic E-state index is 0.0237. The van der Waals surface area contributed by atoms with Crippen LogP contribution in [0.2, 0.25) is 0 Å². The Bertz CT molecular complexity index is 336. The molecule has 3 nitrogen and oxygen atoms in total. The molecule has 1 aliphatic heterocycles. The standard InChI is InChI=1S/C8H8N2O/c11-7-5-1-4-9-6(5)8(10-7)2-3-8/h1,4,9H,2-3H2,(H,10,11). The van der Waals surface area contributed by atoms with Gasteiger partial charge in [0.25, 0.3) is 5.91 Å². The van der Waals surface area contributed by atoms with Gasteiger partial charge in [-0.3, -0.25) is 4.79 Å². The summed E-state index contributed by atoms with van der Waals surface area (Å²) in [5, 5.41) is 2.98. The first-order valence-corrected chi connectivity index (χ1v) is 3.82. The summed E-state index contributed by atoms with van der Waals surface area (Å²) in [5.74, 6) is 0.0822. The van der Waals surface area contributed by atoms with Crippen molar-refractivity contribution in [3.63, 3.8) is 0 Å². The van der Waals surface area contributed by atoms with E-state index in [4.69, 9.17) is 0 Å². The minimum atomic E-state index is 0.0237. The van der Waals surface area contributed by atoms with Crippen molar-refractivity contribution in [3.05, 3.63) is 23.5 Å². The number of rotatable bonds is 0. The molecule has 1 aromatic heterocycles. The predicted octanol–water partition coefficient (Wildman–Crippen LogP) is 0.747. The lowest BCUT2D eigenvalue weighted by Gasteiger charge is -2.04. The third-order valence-electron chi connectivity index (χ3n) is 2.57. The first-order chi connectivity index (χ1) is 5.32. The summed E-state index contributed by atoms with van der Waals surface area (Å²) in [7, 11) is 0. The topological polar surface area (TPSA) is 44.9 Å². The summed E-state index contributed by atoms with van der Waals surface area (Å²) >= 11 is 0. The van der Waals surface area contributed by atoms with Crippen molar-refractivity contribution in [2.24, 2.45) is 0 Å². The highest BCUT2D eigenvalue weighted by atomic mass is 16.2. The Hall–Kier alpha value is -1.25. The molecule has 1 aromatic rings. The van der Waals surface area contributed by atoms with E-state index in [1.165, 1.54) is 0 Å². The molecule has 2 N–H and O–H groups in total. The van der Waals surface area contributed by atoms with Crippen LogP contribution in [0.1, 0.15) is 28.9 Å². The summed E-state index contributed by atoms with van der Waals surface area (Å²) in [6, 6.07) is 1.84. The Kier molecular flexibility index (Phi) is 0.662. The van der Waals surface area contributed by atoms with Crippen molar-refractivity contribution < 1.29 is 4.79 Å². The summed E-state index contributed by atoms with van der Waals surface area (Å²) < 4.78 is 0. The molecule has 3 heteroatoms. The van der Waals surface area contributed by atoms with Gasteiger partial charge < -0.3 is 10.3 Å². The van der Waals surface area contributed by atoms with Crippen LogP contribution in [0.5, 0.6) is 0 Å². The summed E-state index contributed by atoms with van der Waals surface area (Å²) in [4.78, 5) is 14.4. The van der Waals surface area contributed by atoms with Gasteiger partial charge in [0.1, 0.15) is 0 Å². The summed E-state index contributed by atoms with van der Waals surface area (Å²) in [6.07, 6.45) is 4.02. The highest BCUT2D eigenvalue weighted by Crippen LogP contribution is 2.49. The number of aromatic amines is 1. The number of amides is 1. The maximum atomic E-state index is 11.3. The van der Waals surface area contributed by atoms with Gasteiger partial charge in [0.15, 0.2) is 0 Å². The third-order valence-corrected chi connectivity index (χ3v) is 2.57. The molecular weight excluding hydrogens is 140 g/mol. The van der Waals surface area contributed by atoms with Crippen LogP contribution < -0.4 is 5.32 Å². The minimum Gasteiger partial charge on any atom is -0.362 e. The van der Waals surface area contributed by atoms with Gasteiger partial charge in [-0.2, -0.15) is 0 Å². The maximum absolute atomic E-state index is 11.3. The SMILES string of the molecule is O=C1NC2(CC2)c2[nH]ccc21. The Balaban J connectivity index is 2.28. The molecule has 1 aliphatic carbocycles. The highest BCUT2D eigenvalue weighted by Gasteiger charge is 2.53. The van der Waals surface area contributed by atoms with Crippen LogP contribution in [0.4, 0.5) is 0 Å². The zero-order valence-corrected chi connectivity index (χ0v) is 5.98. The lowest BCUT2D eigenvalue weighted by Crippen LogP contribution is -2.25. The average molecular weight is 148 g/mol. The van der Waals surface area contributed by atoms with Crippen molar-refractivity contribution >= 4 is 5.91 Å². The van der Waals surface area contributed by atoms with E-state index >= 15 is 0 Å². The van der Waals surface area contributed by atoms with Gasteiger partial charge in [-0.05, 0) is 18.9 Å². The number of hydrogen-bond donors (Lipinski definition) is 2. The van der Waals surface area contributed by atoms with Crippen LogP contribution >= 0.6 is 0 Å². The zero-order chi connectivity index (χ0) is 7.47. The third kappa shape index (κ3) is 0.482. The van der Waals surface area contributed by atoms with E-state index < -0.39 is 0 Å². The van der Waals surface area contributed by atoms with Crippen molar-refractivity contribution in [1.29, 1.82) is 0 Å². The first kappa shape index (κ1) is 5.41. The fourth-order valence-corrected chi connectivity index (χ4v) is 1.80. The van der Waals surface area contributed by atoms with Crippen LogP contribution in [-0.2, 0) is 5.54 Å². The molecule has 1 spiro atoms. The summed E-state index contributed by atoms with van der Waals surface area (Å²) in [6.45, 7) is 0. The molecule has 0 atom stereocenters. The second-order valence-corrected chi connectivity index (χ2v) is 3.30. The van der Waals surface area contributed by atoms with Crippen molar-refractivity contribution in [2.45, 2.75) is 18.4 Å². The Labute approximate surface area is 63.8 Å². The number of H-pyrrole nitrogens is 1. The number of fused-ring (bicyclic) bond motifs is 2. The van der Waals surface area contributed by atoms with Gasteiger partial charge in [-0.25, -0.2) is 0 Å². The van der Waals surface area contributed by atoms with E-state index in [0.717, 1.165) is 24.1 Å². The second-order valence-electron chi connectivity index (χ2n) is 3.30. The van der Waals surface area contributed by atoms with Crippen LogP contribution in [0.25, 0.3) is 0 Å². The van der Waals surface area contributed by atoms with Crippen molar-refractivity contribution in [3.8, 4) is 0 Å². The van der Waals surface area contributed by atoms with Gasteiger partial charge in [0.05, 0.1) is 16.8 Å². The maximum Gasteiger partial charge on any atom is 0.253 e. The van der Waals surface area contributed by atoms with Crippen LogP contribution in [0.3, 0.4) is 0 Å². The van der Waals surface area contributed by atoms with E-state index in [1.807, 2.05) is 12.3 Å². The fraction of sp³-hybridized carbons (Fsp3) is 0.375. The number of carbonyl (C=O) groups excluding carboxylic acids is 1. The molecule has 0 saturated heterocycles. The fourth-order valence-electron chi connectivity index (χ4n) is 1.80. The molecule has 0 radical (unpaired) electrons. The van der Waals surface area contributed by atoms with Gasteiger partial charge in [-0.15, -0.1) is 0 Å². The number of nitrogens with one attached hydrogen (secondary N) is 2. The van der Waals surface area contributed by atoms with Gasteiger partial charge in [-0.1, -0.05) is 0 Å². The van der Waals surface area contributed by atoms with Crippen LogP contribution in [0.15, 0.2) is 12.3 Å². The molecule has 11 heavy (non-hydrogen) atoms. The monoisotopic (exact) mass is 148 g/mol. The highest BCUT2D eigenvalue weighted by molar-refractivity contribution is 6.00. The normalized spacial score (nSPS) is 23.5. The largest absolute Gasteiger partial charge is 0.362 e. The first-order valence-electron chi connectivity index (χ1n) is 3.82. The Morgan fingerprint density at radius 3 is 3.00 bits per heavy atom. The van der Waals surface area contributed by atoms with E-state index in [2.05, 4.69) is 10.3 Å². The average Bonchev–Trinajstić information content (AvgIpc) is 2.52. The smallest absolute Gasteiger partial charge is 0.253 e. The van der Waals surface area contributed by atoms with E-state index in [9.17, 15) is 4.79 Å². The number of carbonyl (C=O) groups is 1. The lowest BCUT2D eigenvalue weighted by atomic mass is 10.2. The molecule has 56 valence electrons. The van der Waals surface area contributed by atoms with Crippen LogP contribution in [0, 0.1) is 0 Å². The molecule has 0 unspecified atom stereocenters. The molecule has 0 aromatic carbocycles. The predicted molar refractivity (Wildman–Crippen MR) is 39.2 cm³/mol. The Morgan fingerprint density at radius 1 is 1.45 bits per heavy atom. The quantitative estimate of drug-likeness (QED) is 0.560. The number of aromatic nitrogens is 1. The molecule has 3 rings (SSSR count). The van der Waals surface area contributed by atoms with Crippen molar-refractivity contribution in [2.75, 3.05) is 0 Å². The molecule has 2 aliphatic rings. The molecule has 1 amide bonds.